The first-order valence-electron chi connectivity index (χ1n) is 8.36. The number of benzene rings is 2. The maximum atomic E-state index is 3.67. The van der Waals surface area contributed by atoms with Crippen LogP contribution in [0.4, 0.5) is 0 Å². The lowest BCUT2D eigenvalue weighted by molar-refractivity contribution is 0.761. The van der Waals surface area contributed by atoms with Crippen LogP contribution in [-0.4, -0.2) is 4.98 Å². The first-order valence-corrected chi connectivity index (χ1v) is 8.36. The molecule has 0 radical (unpaired) electrons. The molecule has 1 heteroatoms. The number of unbranched alkanes of at least 4 members (excludes halogenated alkanes) is 2. The van der Waals surface area contributed by atoms with E-state index in [-0.39, 0.29) is 0 Å². The van der Waals surface area contributed by atoms with Crippen LogP contribution in [0.1, 0.15) is 50.7 Å². The summed E-state index contributed by atoms with van der Waals surface area (Å²) >= 11 is 0. The van der Waals surface area contributed by atoms with Crippen molar-refractivity contribution in [1.82, 2.24) is 4.98 Å². The number of hydrogen-bond acceptors (Lipinski definition) is 0. The van der Waals surface area contributed by atoms with E-state index >= 15 is 0 Å². The maximum absolute atomic E-state index is 3.67. The molecule has 0 fully saturated rings. The molecule has 0 aliphatic carbocycles. The van der Waals surface area contributed by atoms with E-state index in [0.717, 1.165) is 0 Å². The molecular formula is C20H25N. The summed E-state index contributed by atoms with van der Waals surface area (Å²) in [7, 11) is 0. The van der Waals surface area contributed by atoms with Crippen molar-refractivity contribution in [3.8, 4) is 0 Å². The number of aromatic amines is 1. The standard InChI is InChI=1S/C20H25N/c1-3-5-9-15-13-14-18-17-11-7-8-12-19(17)21-20(18)16(15)10-6-4-2/h7-8,11-14,21H,3-6,9-10H2,1-2H3. The van der Waals surface area contributed by atoms with Gasteiger partial charge in [0.2, 0.25) is 0 Å². The highest BCUT2D eigenvalue weighted by Gasteiger charge is 2.11. The Labute approximate surface area is 127 Å². The molecule has 21 heavy (non-hydrogen) atoms. The van der Waals surface area contributed by atoms with Gasteiger partial charge in [0.25, 0.3) is 0 Å². The van der Waals surface area contributed by atoms with E-state index in [9.17, 15) is 0 Å². The van der Waals surface area contributed by atoms with Gasteiger partial charge >= 0.3 is 0 Å². The summed E-state index contributed by atoms with van der Waals surface area (Å²) in [6.45, 7) is 4.55. The van der Waals surface area contributed by atoms with Crippen molar-refractivity contribution in [2.24, 2.45) is 0 Å². The fraction of sp³-hybridized carbons (Fsp3) is 0.400. The minimum Gasteiger partial charge on any atom is -0.354 e. The van der Waals surface area contributed by atoms with E-state index in [2.05, 4.69) is 55.2 Å². The van der Waals surface area contributed by atoms with Crippen LogP contribution in [0.5, 0.6) is 0 Å². The van der Waals surface area contributed by atoms with Crippen LogP contribution in [0, 0.1) is 0 Å². The van der Waals surface area contributed by atoms with Gasteiger partial charge in [-0.15, -0.1) is 0 Å². The number of fused-ring (bicyclic) bond motifs is 3. The third-order valence-electron chi connectivity index (χ3n) is 4.47. The molecule has 0 saturated heterocycles. The summed E-state index contributed by atoms with van der Waals surface area (Å²) < 4.78 is 0. The van der Waals surface area contributed by atoms with Gasteiger partial charge in [0.15, 0.2) is 0 Å². The molecule has 0 saturated carbocycles. The molecule has 0 aliphatic heterocycles. The average molecular weight is 279 g/mol. The predicted octanol–water partition coefficient (Wildman–Crippen LogP) is 6.01. The van der Waals surface area contributed by atoms with Crippen molar-refractivity contribution in [3.63, 3.8) is 0 Å². The van der Waals surface area contributed by atoms with Crippen LogP contribution in [0.25, 0.3) is 21.8 Å². The molecule has 0 aliphatic rings. The molecule has 1 heterocycles. The van der Waals surface area contributed by atoms with E-state index < -0.39 is 0 Å². The fourth-order valence-corrected chi connectivity index (χ4v) is 3.26. The molecule has 1 nitrogen and oxygen atoms in total. The van der Waals surface area contributed by atoms with Gasteiger partial charge in [0.1, 0.15) is 0 Å². The van der Waals surface area contributed by atoms with E-state index in [1.165, 1.54) is 60.3 Å². The fourth-order valence-electron chi connectivity index (χ4n) is 3.26. The van der Waals surface area contributed by atoms with Crippen LogP contribution in [0.2, 0.25) is 0 Å². The van der Waals surface area contributed by atoms with Gasteiger partial charge in [-0.25, -0.2) is 0 Å². The Morgan fingerprint density at radius 3 is 2.38 bits per heavy atom. The lowest BCUT2D eigenvalue weighted by atomic mass is 9.95. The van der Waals surface area contributed by atoms with Crippen molar-refractivity contribution in [2.45, 2.75) is 52.4 Å². The molecule has 1 N–H and O–H groups in total. The molecule has 0 bridgehead atoms. The van der Waals surface area contributed by atoms with E-state index in [0.29, 0.717) is 0 Å². The van der Waals surface area contributed by atoms with Crippen molar-refractivity contribution < 1.29 is 0 Å². The van der Waals surface area contributed by atoms with Crippen molar-refractivity contribution in [1.29, 1.82) is 0 Å². The van der Waals surface area contributed by atoms with E-state index in [1.807, 2.05) is 0 Å². The van der Waals surface area contributed by atoms with Crippen molar-refractivity contribution in [2.75, 3.05) is 0 Å². The first-order chi connectivity index (χ1) is 10.3. The zero-order valence-corrected chi connectivity index (χ0v) is 13.2. The quantitative estimate of drug-likeness (QED) is 0.569. The zero-order chi connectivity index (χ0) is 14.7. The van der Waals surface area contributed by atoms with Crippen LogP contribution >= 0.6 is 0 Å². The topological polar surface area (TPSA) is 15.8 Å². The van der Waals surface area contributed by atoms with Gasteiger partial charge in [-0.3, -0.25) is 0 Å². The molecular weight excluding hydrogens is 254 g/mol. The highest BCUT2D eigenvalue weighted by molar-refractivity contribution is 6.08. The number of para-hydroxylation sites is 1. The third kappa shape index (κ3) is 2.70. The first kappa shape index (κ1) is 14.2. The molecule has 2 aromatic carbocycles. The Morgan fingerprint density at radius 2 is 1.57 bits per heavy atom. The molecule has 110 valence electrons. The van der Waals surface area contributed by atoms with Crippen LogP contribution < -0.4 is 0 Å². The highest BCUT2D eigenvalue weighted by atomic mass is 14.7. The Balaban J connectivity index is 2.16. The molecule has 1 aromatic heterocycles. The van der Waals surface area contributed by atoms with Gasteiger partial charge < -0.3 is 4.98 Å². The largest absolute Gasteiger partial charge is 0.354 e. The van der Waals surface area contributed by atoms with Crippen molar-refractivity contribution >= 4 is 21.8 Å². The average Bonchev–Trinajstić information content (AvgIpc) is 2.90. The predicted molar refractivity (Wildman–Crippen MR) is 93.0 cm³/mol. The summed E-state index contributed by atoms with van der Waals surface area (Å²) in [4.78, 5) is 3.67. The lowest BCUT2D eigenvalue weighted by Crippen LogP contribution is -1.96. The summed E-state index contributed by atoms with van der Waals surface area (Å²) in [6, 6.07) is 13.3. The van der Waals surface area contributed by atoms with Gasteiger partial charge in [-0.2, -0.15) is 0 Å². The van der Waals surface area contributed by atoms with Gasteiger partial charge in [-0.1, -0.05) is 57.0 Å². The number of aromatic nitrogens is 1. The van der Waals surface area contributed by atoms with Gasteiger partial charge in [0, 0.05) is 21.8 Å². The van der Waals surface area contributed by atoms with Gasteiger partial charge in [0.05, 0.1) is 0 Å². The summed E-state index contributed by atoms with van der Waals surface area (Å²) in [5.74, 6) is 0. The smallest absolute Gasteiger partial charge is 0.0500 e. The zero-order valence-electron chi connectivity index (χ0n) is 13.2. The number of rotatable bonds is 6. The molecule has 0 spiro atoms. The summed E-state index contributed by atoms with van der Waals surface area (Å²) in [5.41, 5.74) is 5.74. The maximum Gasteiger partial charge on any atom is 0.0500 e. The molecule has 0 amide bonds. The summed E-state index contributed by atoms with van der Waals surface area (Å²) in [5, 5.41) is 2.74. The second kappa shape index (κ2) is 6.34. The van der Waals surface area contributed by atoms with Crippen LogP contribution in [0.15, 0.2) is 36.4 Å². The number of H-pyrrole nitrogens is 1. The Hall–Kier alpha value is -1.76. The van der Waals surface area contributed by atoms with Crippen molar-refractivity contribution in [3.05, 3.63) is 47.5 Å². The monoisotopic (exact) mass is 279 g/mol. The Kier molecular flexibility index (Phi) is 4.28. The third-order valence-corrected chi connectivity index (χ3v) is 4.47. The molecule has 3 rings (SSSR count). The Morgan fingerprint density at radius 1 is 0.810 bits per heavy atom. The number of nitrogens with one attached hydrogen (secondary N) is 1. The van der Waals surface area contributed by atoms with Crippen LogP contribution in [0.3, 0.4) is 0 Å². The Bertz CT molecular complexity index is 736. The number of aryl methyl sites for hydroxylation is 2. The molecule has 0 atom stereocenters. The second-order valence-corrected chi connectivity index (χ2v) is 6.00. The lowest BCUT2D eigenvalue weighted by Gasteiger charge is -2.10. The van der Waals surface area contributed by atoms with Crippen LogP contribution in [-0.2, 0) is 12.8 Å². The number of hydrogen-bond donors (Lipinski definition) is 1. The van der Waals surface area contributed by atoms with E-state index in [1.54, 1.807) is 11.1 Å². The minimum absolute atomic E-state index is 1.19. The molecule has 3 aromatic rings. The highest BCUT2D eigenvalue weighted by Crippen LogP contribution is 2.31. The SMILES string of the molecule is CCCCc1ccc2c([nH]c3ccccc32)c1CCCC. The molecule has 0 unspecified atom stereocenters. The second-order valence-electron chi connectivity index (χ2n) is 6.00. The summed E-state index contributed by atoms with van der Waals surface area (Å²) in [6.07, 6.45) is 7.47. The minimum atomic E-state index is 1.19. The van der Waals surface area contributed by atoms with Gasteiger partial charge in [-0.05, 0) is 42.9 Å². The van der Waals surface area contributed by atoms with E-state index in [4.69, 9.17) is 0 Å². The normalized spacial score (nSPS) is 11.5.